The van der Waals surface area contributed by atoms with Crippen LogP contribution in [-0.2, 0) is 21.4 Å². The molecule has 1 aromatic heterocycles. The summed E-state index contributed by atoms with van der Waals surface area (Å²) < 4.78 is 75.7. The number of alkyl halides is 3. The van der Waals surface area contributed by atoms with Crippen molar-refractivity contribution in [3.8, 4) is 5.75 Å². The predicted molar refractivity (Wildman–Crippen MR) is 85.3 cm³/mol. The molecule has 0 unspecified atom stereocenters. The average Bonchev–Trinajstić information content (AvgIpc) is 3.11. The number of rotatable bonds is 5. The van der Waals surface area contributed by atoms with Crippen LogP contribution in [-0.4, -0.2) is 31.8 Å². The standard InChI is InChI=1S/C16H12F3NO6S/c17-16(18,19)14-12(15(21)22)7-9-6-11(3-4-13(9)26-14)27(23,24)20-8-10-2-1-5-25-10/h1-7,14,20H,8H2,(H,21,22)/t14-/m0/s1. The van der Waals surface area contributed by atoms with Crippen LogP contribution in [0, 0.1) is 0 Å². The van der Waals surface area contributed by atoms with Crippen LogP contribution in [0.3, 0.4) is 0 Å². The van der Waals surface area contributed by atoms with E-state index >= 15 is 0 Å². The molecule has 1 aromatic carbocycles. The topological polar surface area (TPSA) is 106 Å². The van der Waals surface area contributed by atoms with Crippen LogP contribution in [0.1, 0.15) is 11.3 Å². The zero-order valence-corrected chi connectivity index (χ0v) is 14.2. The van der Waals surface area contributed by atoms with Crippen molar-refractivity contribution in [3.05, 3.63) is 53.5 Å². The molecule has 0 spiro atoms. The van der Waals surface area contributed by atoms with E-state index in [1.165, 1.54) is 6.26 Å². The first-order chi connectivity index (χ1) is 12.6. The largest absolute Gasteiger partial charge is 0.478 e. The Hall–Kier alpha value is -2.79. The highest BCUT2D eigenvalue weighted by Crippen LogP contribution is 2.38. The van der Waals surface area contributed by atoms with Crippen molar-refractivity contribution in [2.24, 2.45) is 0 Å². The number of benzene rings is 1. The summed E-state index contributed by atoms with van der Waals surface area (Å²) in [6.07, 6.45) is -5.45. The van der Waals surface area contributed by atoms with Gasteiger partial charge in [0.05, 0.1) is 23.3 Å². The number of sulfonamides is 1. The minimum Gasteiger partial charge on any atom is -0.478 e. The maximum atomic E-state index is 13.0. The molecule has 0 radical (unpaired) electrons. The average molecular weight is 403 g/mol. The predicted octanol–water partition coefficient (Wildman–Crippen LogP) is 2.55. The summed E-state index contributed by atoms with van der Waals surface area (Å²) in [6, 6.07) is 6.29. The number of furan rings is 1. The normalized spacial score (nSPS) is 17.0. The van der Waals surface area contributed by atoms with Gasteiger partial charge in [-0.1, -0.05) is 0 Å². The lowest BCUT2D eigenvalue weighted by Crippen LogP contribution is -2.40. The smallest absolute Gasteiger partial charge is 0.430 e. The molecule has 27 heavy (non-hydrogen) atoms. The van der Waals surface area contributed by atoms with Gasteiger partial charge in [0.2, 0.25) is 16.1 Å². The van der Waals surface area contributed by atoms with E-state index < -0.39 is 33.8 Å². The molecule has 2 heterocycles. The molecule has 7 nitrogen and oxygen atoms in total. The van der Waals surface area contributed by atoms with E-state index in [2.05, 4.69) is 4.72 Å². The summed E-state index contributed by atoms with van der Waals surface area (Å²) in [4.78, 5) is 10.9. The molecule has 0 bridgehead atoms. The molecule has 0 amide bonds. The van der Waals surface area contributed by atoms with Crippen molar-refractivity contribution in [2.45, 2.75) is 23.7 Å². The number of carboxylic acids is 1. The Bertz CT molecular complexity index is 996. The first-order valence-electron chi connectivity index (χ1n) is 7.42. The van der Waals surface area contributed by atoms with Crippen molar-refractivity contribution < 1.29 is 40.6 Å². The summed E-state index contributed by atoms with van der Waals surface area (Å²) >= 11 is 0. The lowest BCUT2D eigenvalue weighted by Gasteiger charge is -2.27. The number of hydrogen-bond donors (Lipinski definition) is 2. The van der Waals surface area contributed by atoms with Crippen molar-refractivity contribution in [3.63, 3.8) is 0 Å². The second-order valence-corrected chi connectivity index (χ2v) is 7.31. The minimum absolute atomic E-state index is 0.0891. The van der Waals surface area contributed by atoms with E-state index in [-0.39, 0.29) is 22.8 Å². The molecule has 3 rings (SSSR count). The molecule has 144 valence electrons. The zero-order valence-electron chi connectivity index (χ0n) is 13.4. The first-order valence-corrected chi connectivity index (χ1v) is 8.90. The number of fused-ring (bicyclic) bond motifs is 1. The van der Waals surface area contributed by atoms with Gasteiger partial charge in [-0.15, -0.1) is 0 Å². The van der Waals surface area contributed by atoms with Gasteiger partial charge < -0.3 is 14.3 Å². The summed E-state index contributed by atoms with van der Waals surface area (Å²) in [5, 5.41) is 9.03. The third-order valence-electron chi connectivity index (χ3n) is 3.69. The Labute approximate surface area is 151 Å². The van der Waals surface area contributed by atoms with Gasteiger partial charge in [0.15, 0.2) is 0 Å². The van der Waals surface area contributed by atoms with Crippen LogP contribution in [0.4, 0.5) is 13.2 Å². The van der Waals surface area contributed by atoms with Crippen LogP contribution >= 0.6 is 0 Å². The monoisotopic (exact) mass is 403 g/mol. The summed E-state index contributed by atoms with van der Waals surface area (Å²) in [7, 11) is -4.01. The Morgan fingerprint density at radius 1 is 1.26 bits per heavy atom. The van der Waals surface area contributed by atoms with Gasteiger partial charge in [0, 0.05) is 5.56 Å². The first kappa shape index (κ1) is 19.0. The molecule has 11 heteroatoms. The molecule has 0 aliphatic carbocycles. The Balaban J connectivity index is 1.92. The van der Waals surface area contributed by atoms with Crippen molar-refractivity contribution in [2.75, 3.05) is 0 Å². The van der Waals surface area contributed by atoms with Gasteiger partial charge in [-0.25, -0.2) is 17.9 Å². The molecular weight excluding hydrogens is 391 g/mol. The van der Waals surface area contributed by atoms with Gasteiger partial charge >= 0.3 is 12.1 Å². The third kappa shape index (κ3) is 3.98. The molecule has 1 aliphatic heterocycles. The van der Waals surface area contributed by atoms with Crippen molar-refractivity contribution in [1.82, 2.24) is 4.72 Å². The SMILES string of the molecule is O=C(O)C1=Cc2cc(S(=O)(=O)NCc3ccco3)ccc2O[C@@H]1C(F)(F)F. The lowest BCUT2D eigenvalue weighted by atomic mass is 10.0. The van der Waals surface area contributed by atoms with E-state index in [0.717, 1.165) is 24.3 Å². The minimum atomic E-state index is -4.93. The Kier molecular flexibility index (Phi) is 4.74. The van der Waals surface area contributed by atoms with Crippen molar-refractivity contribution in [1.29, 1.82) is 0 Å². The molecule has 0 saturated carbocycles. The van der Waals surface area contributed by atoms with Crippen LogP contribution in [0.2, 0.25) is 0 Å². The van der Waals surface area contributed by atoms with Gasteiger partial charge in [-0.05, 0) is 36.4 Å². The number of hydrogen-bond acceptors (Lipinski definition) is 5. The second-order valence-electron chi connectivity index (χ2n) is 5.55. The zero-order chi connectivity index (χ0) is 19.8. The van der Waals surface area contributed by atoms with Crippen LogP contribution < -0.4 is 9.46 Å². The van der Waals surface area contributed by atoms with Gasteiger partial charge in [-0.3, -0.25) is 0 Å². The number of carboxylic acid groups (broad SMARTS) is 1. The van der Waals surface area contributed by atoms with Gasteiger partial charge in [0.25, 0.3) is 0 Å². The summed E-state index contributed by atoms with van der Waals surface area (Å²) in [5.74, 6) is -1.72. The number of nitrogens with one attached hydrogen (secondary N) is 1. The molecule has 1 aliphatic rings. The fourth-order valence-corrected chi connectivity index (χ4v) is 3.46. The Morgan fingerprint density at radius 3 is 2.59 bits per heavy atom. The number of halogens is 3. The van der Waals surface area contributed by atoms with Crippen LogP contribution in [0.5, 0.6) is 5.75 Å². The van der Waals surface area contributed by atoms with E-state index in [1.54, 1.807) is 12.1 Å². The number of carbonyl (C=O) groups is 1. The van der Waals surface area contributed by atoms with E-state index in [4.69, 9.17) is 14.3 Å². The van der Waals surface area contributed by atoms with E-state index in [0.29, 0.717) is 5.76 Å². The molecular formula is C16H12F3NO6S. The lowest BCUT2D eigenvalue weighted by molar-refractivity contribution is -0.187. The fraction of sp³-hybridized carbons (Fsp3) is 0.188. The van der Waals surface area contributed by atoms with E-state index in [9.17, 15) is 26.4 Å². The number of ether oxygens (including phenoxy) is 1. The fourth-order valence-electron chi connectivity index (χ4n) is 2.43. The molecule has 0 fully saturated rings. The third-order valence-corrected chi connectivity index (χ3v) is 5.09. The van der Waals surface area contributed by atoms with Crippen molar-refractivity contribution >= 4 is 22.1 Å². The molecule has 1 atom stereocenters. The number of aliphatic carboxylic acids is 1. The van der Waals surface area contributed by atoms with Gasteiger partial charge in [0.1, 0.15) is 11.5 Å². The van der Waals surface area contributed by atoms with E-state index in [1.807, 2.05) is 0 Å². The highest BCUT2D eigenvalue weighted by Gasteiger charge is 2.48. The van der Waals surface area contributed by atoms with Crippen LogP contribution in [0.25, 0.3) is 6.08 Å². The maximum absolute atomic E-state index is 13.0. The molecule has 2 N–H and O–H groups in total. The summed E-state index contributed by atoms with van der Waals surface area (Å²) in [6.45, 7) is -0.130. The second kappa shape index (κ2) is 6.74. The molecule has 0 saturated heterocycles. The highest BCUT2D eigenvalue weighted by atomic mass is 32.2. The van der Waals surface area contributed by atoms with Crippen LogP contribution in [0.15, 0.2) is 51.5 Å². The molecule has 2 aromatic rings. The highest BCUT2D eigenvalue weighted by molar-refractivity contribution is 7.89. The maximum Gasteiger partial charge on any atom is 0.430 e. The summed E-state index contributed by atoms with van der Waals surface area (Å²) in [5.41, 5.74) is -1.12. The van der Waals surface area contributed by atoms with Gasteiger partial charge in [-0.2, -0.15) is 13.2 Å². The quantitative estimate of drug-likeness (QED) is 0.795. The Morgan fingerprint density at radius 2 is 2.00 bits per heavy atom.